The van der Waals surface area contributed by atoms with Gasteiger partial charge in [-0.25, -0.2) is 4.98 Å². The first-order valence-corrected chi connectivity index (χ1v) is 8.46. The third-order valence-electron chi connectivity index (χ3n) is 4.57. The van der Waals surface area contributed by atoms with E-state index < -0.39 is 0 Å². The molecule has 0 bridgehead atoms. The van der Waals surface area contributed by atoms with Crippen molar-refractivity contribution in [3.63, 3.8) is 0 Å². The second-order valence-corrected chi connectivity index (χ2v) is 6.54. The Bertz CT molecular complexity index is 529. The maximum Gasteiger partial charge on any atom is 0.191 e. The van der Waals surface area contributed by atoms with Gasteiger partial charge in [-0.2, -0.15) is 0 Å². The summed E-state index contributed by atoms with van der Waals surface area (Å²) in [6, 6.07) is 4.14. The van der Waals surface area contributed by atoms with Crippen LogP contribution in [0, 0.1) is 5.92 Å². The second kappa shape index (κ2) is 7.18. The van der Waals surface area contributed by atoms with Crippen LogP contribution in [0.2, 0.25) is 5.02 Å². The molecule has 1 aliphatic heterocycles. The number of aliphatic imine (C=N–C) groups is 1. The molecule has 5 nitrogen and oxygen atoms in total. The summed E-state index contributed by atoms with van der Waals surface area (Å²) in [6.45, 7) is 2.90. The Kier molecular flexibility index (Phi) is 5.03. The molecular weight excluding hydrogens is 298 g/mol. The van der Waals surface area contributed by atoms with Gasteiger partial charge in [0.2, 0.25) is 0 Å². The first kappa shape index (κ1) is 15.4. The van der Waals surface area contributed by atoms with E-state index in [1.807, 2.05) is 19.2 Å². The molecule has 1 unspecified atom stereocenters. The number of guanidine groups is 1. The number of halogens is 1. The Balaban J connectivity index is 1.50. The lowest BCUT2D eigenvalue weighted by Gasteiger charge is -2.27. The van der Waals surface area contributed by atoms with Crippen molar-refractivity contribution in [3.05, 3.63) is 23.4 Å². The summed E-state index contributed by atoms with van der Waals surface area (Å²) in [5, 5.41) is 7.68. The smallest absolute Gasteiger partial charge is 0.191 e. The van der Waals surface area contributed by atoms with Gasteiger partial charge in [0.1, 0.15) is 5.82 Å². The van der Waals surface area contributed by atoms with E-state index in [4.69, 9.17) is 11.6 Å². The van der Waals surface area contributed by atoms with Crippen LogP contribution in [0.3, 0.4) is 0 Å². The minimum absolute atomic E-state index is 0.380. The molecule has 22 heavy (non-hydrogen) atoms. The highest BCUT2D eigenvalue weighted by Crippen LogP contribution is 2.26. The molecule has 1 aliphatic carbocycles. The highest BCUT2D eigenvalue weighted by atomic mass is 35.5. The van der Waals surface area contributed by atoms with Crippen LogP contribution in [0.1, 0.15) is 25.7 Å². The van der Waals surface area contributed by atoms with Gasteiger partial charge in [-0.05, 0) is 37.3 Å². The molecule has 3 rings (SSSR count). The Morgan fingerprint density at radius 1 is 1.45 bits per heavy atom. The van der Waals surface area contributed by atoms with Crippen molar-refractivity contribution in [1.29, 1.82) is 0 Å². The number of hydrogen-bond donors (Lipinski definition) is 2. The molecule has 1 saturated carbocycles. The van der Waals surface area contributed by atoms with Crippen molar-refractivity contribution in [2.45, 2.75) is 31.7 Å². The Hall–Kier alpha value is -1.49. The van der Waals surface area contributed by atoms with Crippen molar-refractivity contribution in [1.82, 2.24) is 15.6 Å². The van der Waals surface area contributed by atoms with Crippen LogP contribution in [0.15, 0.2) is 23.3 Å². The van der Waals surface area contributed by atoms with Crippen molar-refractivity contribution in [2.24, 2.45) is 10.9 Å². The van der Waals surface area contributed by atoms with Gasteiger partial charge >= 0.3 is 0 Å². The summed E-state index contributed by atoms with van der Waals surface area (Å²) in [7, 11) is 1.83. The standard InChI is InChI=1S/C16H24ClN5/c1-18-16(20-10-12-4-2-5-12)21-13-7-9-22(11-13)15-14(17)6-3-8-19-15/h3,6,8,12-13H,2,4-5,7,9-11H2,1H3,(H2,18,20,21). The zero-order chi connectivity index (χ0) is 15.4. The lowest BCUT2D eigenvalue weighted by molar-refractivity contribution is 0.314. The highest BCUT2D eigenvalue weighted by molar-refractivity contribution is 6.32. The van der Waals surface area contributed by atoms with E-state index in [-0.39, 0.29) is 0 Å². The Labute approximate surface area is 137 Å². The second-order valence-electron chi connectivity index (χ2n) is 6.13. The topological polar surface area (TPSA) is 52.6 Å². The summed E-state index contributed by atoms with van der Waals surface area (Å²) in [6.07, 6.45) is 6.93. The van der Waals surface area contributed by atoms with E-state index in [0.29, 0.717) is 6.04 Å². The molecule has 2 heterocycles. The maximum atomic E-state index is 6.23. The first-order valence-electron chi connectivity index (χ1n) is 8.09. The summed E-state index contributed by atoms with van der Waals surface area (Å²) in [4.78, 5) is 11.0. The van der Waals surface area contributed by atoms with Crippen molar-refractivity contribution in [3.8, 4) is 0 Å². The molecule has 0 aromatic carbocycles. The fourth-order valence-corrected chi connectivity index (χ4v) is 3.25. The van der Waals surface area contributed by atoms with Gasteiger partial charge in [0.05, 0.1) is 5.02 Å². The molecule has 120 valence electrons. The molecule has 1 atom stereocenters. The number of rotatable bonds is 4. The van der Waals surface area contributed by atoms with Gasteiger partial charge in [0.25, 0.3) is 0 Å². The van der Waals surface area contributed by atoms with Gasteiger partial charge in [-0.1, -0.05) is 18.0 Å². The van der Waals surface area contributed by atoms with E-state index in [9.17, 15) is 0 Å². The van der Waals surface area contributed by atoms with Crippen LogP contribution < -0.4 is 15.5 Å². The van der Waals surface area contributed by atoms with Gasteiger partial charge in [-0.3, -0.25) is 4.99 Å². The molecule has 2 fully saturated rings. The third-order valence-corrected chi connectivity index (χ3v) is 4.87. The van der Waals surface area contributed by atoms with Crippen LogP contribution in [0.4, 0.5) is 5.82 Å². The SMILES string of the molecule is CN=C(NCC1CCC1)NC1CCN(c2ncccc2Cl)C1. The minimum Gasteiger partial charge on any atom is -0.356 e. The van der Waals surface area contributed by atoms with E-state index in [1.165, 1.54) is 19.3 Å². The lowest BCUT2D eigenvalue weighted by atomic mass is 9.85. The maximum absolute atomic E-state index is 6.23. The van der Waals surface area contributed by atoms with Crippen molar-refractivity contribution < 1.29 is 0 Å². The molecular formula is C16H24ClN5. The zero-order valence-electron chi connectivity index (χ0n) is 13.1. The Morgan fingerprint density at radius 3 is 3.00 bits per heavy atom. The fourth-order valence-electron chi connectivity index (χ4n) is 3.01. The van der Waals surface area contributed by atoms with Gasteiger partial charge < -0.3 is 15.5 Å². The number of nitrogens with zero attached hydrogens (tertiary/aromatic N) is 3. The van der Waals surface area contributed by atoms with Gasteiger partial charge in [0.15, 0.2) is 5.96 Å². The van der Waals surface area contributed by atoms with Crippen molar-refractivity contribution >= 4 is 23.4 Å². The summed E-state index contributed by atoms with van der Waals surface area (Å²) in [5.74, 6) is 2.61. The van der Waals surface area contributed by atoms with E-state index in [0.717, 1.165) is 48.8 Å². The highest BCUT2D eigenvalue weighted by Gasteiger charge is 2.26. The van der Waals surface area contributed by atoms with Crippen LogP contribution in [0.5, 0.6) is 0 Å². The van der Waals surface area contributed by atoms with E-state index in [2.05, 4.69) is 25.5 Å². The Morgan fingerprint density at radius 2 is 2.32 bits per heavy atom. The summed E-state index contributed by atoms with van der Waals surface area (Å²) >= 11 is 6.23. The van der Waals surface area contributed by atoms with Crippen molar-refractivity contribution in [2.75, 3.05) is 31.6 Å². The average molecular weight is 322 g/mol. The lowest BCUT2D eigenvalue weighted by Crippen LogP contribution is -2.46. The average Bonchev–Trinajstić information content (AvgIpc) is 2.93. The first-order chi connectivity index (χ1) is 10.8. The number of hydrogen-bond acceptors (Lipinski definition) is 3. The molecule has 2 N–H and O–H groups in total. The molecule has 6 heteroatoms. The minimum atomic E-state index is 0.380. The third kappa shape index (κ3) is 3.64. The largest absolute Gasteiger partial charge is 0.356 e. The van der Waals surface area contributed by atoms with Crippen LogP contribution in [-0.2, 0) is 0 Å². The molecule has 0 spiro atoms. The van der Waals surface area contributed by atoms with Crippen LogP contribution in [-0.4, -0.2) is 43.7 Å². The predicted molar refractivity (Wildman–Crippen MR) is 91.7 cm³/mol. The number of nitrogens with one attached hydrogen (secondary N) is 2. The summed E-state index contributed by atoms with van der Waals surface area (Å²) < 4.78 is 0. The van der Waals surface area contributed by atoms with Crippen LogP contribution in [0.25, 0.3) is 0 Å². The number of pyridine rings is 1. The van der Waals surface area contributed by atoms with E-state index >= 15 is 0 Å². The van der Waals surface area contributed by atoms with Gasteiger partial charge in [0, 0.05) is 38.9 Å². The number of aromatic nitrogens is 1. The normalized spacial score (nSPS) is 22.5. The molecule has 0 radical (unpaired) electrons. The van der Waals surface area contributed by atoms with E-state index in [1.54, 1.807) is 6.20 Å². The molecule has 1 saturated heterocycles. The number of anilines is 1. The summed E-state index contributed by atoms with van der Waals surface area (Å²) in [5.41, 5.74) is 0. The predicted octanol–water partition coefficient (Wildman–Crippen LogP) is 2.28. The molecule has 0 amide bonds. The molecule has 1 aromatic rings. The fraction of sp³-hybridized carbons (Fsp3) is 0.625. The zero-order valence-corrected chi connectivity index (χ0v) is 13.8. The van der Waals surface area contributed by atoms with Gasteiger partial charge in [-0.15, -0.1) is 0 Å². The molecule has 1 aromatic heterocycles. The monoisotopic (exact) mass is 321 g/mol. The quantitative estimate of drug-likeness (QED) is 0.660. The van der Waals surface area contributed by atoms with Crippen LogP contribution >= 0.6 is 11.6 Å². The molecule has 2 aliphatic rings.